The molecule has 0 atom stereocenters. The van der Waals surface area contributed by atoms with Crippen molar-refractivity contribution >= 4 is 23.1 Å². The van der Waals surface area contributed by atoms with Gasteiger partial charge in [0.25, 0.3) is 0 Å². The fourth-order valence-electron chi connectivity index (χ4n) is 2.73. The van der Waals surface area contributed by atoms with Crippen LogP contribution in [0.3, 0.4) is 0 Å². The molecule has 0 fully saturated rings. The minimum absolute atomic E-state index is 0.103. The van der Waals surface area contributed by atoms with E-state index in [1.54, 1.807) is 19.2 Å². The fourth-order valence-corrected chi connectivity index (χ4v) is 2.73. The van der Waals surface area contributed by atoms with Crippen molar-refractivity contribution in [3.63, 3.8) is 0 Å². The highest BCUT2D eigenvalue weighted by Gasteiger charge is 2.36. The summed E-state index contributed by atoms with van der Waals surface area (Å²) in [5.41, 5.74) is 2.61. The minimum atomic E-state index is -4.56. The number of anilines is 4. The monoisotopic (exact) mass is 386 g/mol. The third kappa shape index (κ3) is 4.42. The predicted octanol–water partition coefficient (Wildman–Crippen LogP) is 5.88. The summed E-state index contributed by atoms with van der Waals surface area (Å²) < 4.78 is 40.5. The third-order valence-electron chi connectivity index (χ3n) is 4.43. The van der Waals surface area contributed by atoms with Crippen LogP contribution in [0.4, 0.5) is 36.3 Å². The molecule has 0 aliphatic carbocycles. The zero-order valence-corrected chi connectivity index (χ0v) is 15.9. The maximum Gasteiger partial charge on any atom is 0.421 e. The normalized spacial score (nSPS) is 11.4. The molecule has 0 radical (unpaired) electrons. The van der Waals surface area contributed by atoms with Gasteiger partial charge in [0.2, 0.25) is 5.95 Å². The number of nitrogens with zero attached hydrogens (tertiary/aromatic N) is 3. The number of alkyl halides is 3. The van der Waals surface area contributed by atoms with E-state index in [4.69, 9.17) is 0 Å². The van der Waals surface area contributed by atoms with Crippen LogP contribution in [-0.4, -0.2) is 17.0 Å². The number of halogens is 3. The van der Waals surface area contributed by atoms with E-state index in [2.05, 4.69) is 22.2 Å². The van der Waals surface area contributed by atoms with E-state index < -0.39 is 11.7 Å². The Bertz CT molecular complexity index is 935. The molecule has 0 unspecified atom stereocenters. The number of nitrogens with one attached hydrogen (secondary N) is 1. The molecule has 0 saturated carbocycles. The van der Waals surface area contributed by atoms with Gasteiger partial charge in [0.15, 0.2) is 5.82 Å². The molecule has 1 heterocycles. The lowest BCUT2D eigenvalue weighted by Gasteiger charge is -2.23. The van der Waals surface area contributed by atoms with E-state index in [1.165, 1.54) is 10.5 Å². The standard InChI is InChI=1S/C21H21F3N4/c1-4-15-7-9-16(10-8-15)26-20-25-13-18(21(22,23)24)19(27-20)28(3)17-11-5-14(2)6-12-17/h5-13H,4H2,1-3H3,(H,25,26,27). The molecule has 28 heavy (non-hydrogen) atoms. The number of aryl methyl sites for hydroxylation is 2. The lowest BCUT2D eigenvalue weighted by Crippen LogP contribution is -2.19. The largest absolute Gasteiger partial charge is 0.421 e. The summed E-state index contributed by atoms with van der Waals surface area (Å²) in [7, 11) is 1.56. The van der Waals surface area contributed by atoms with Crippen molar-refractivity contribution in [3.8, 4) is 0 Å². The smallest absolute Gasteiger partial charge is 0.329 e. The second-order valence-electron chi connectivity index (χ2n) is 6.50. The molecular formula is C21H21F3N4. The molecular weight excluding hydrogens is 365 g/mol. The van der Waals surface area contributed by atoms with Crippen LogP contribution in [0.5, 0.6) is 0 Å². The van der Waals surface area contributed by atoms with Crippen molar-refractivity contribution in [1.29, 1.82) is 0 Å². The molecule has 0 amide bonds. The summed E-state index contributed by atoms with van der Waals surface area (Å²) in [6.07, 6.45) is -2.84. The molecule has 0 saturated heterocycles. The van der Waals surface area contributed by atoms with E-state index >= 15 is 0 Å². The van der Waals surface area contributed by atoms with Gasteiger partial charge in [-0.15, -0.1) is 0 Å². The lowest BCUT2D eigenvalue weighted by atomic mass is 10.1. The van der Waals surface area contributed by atoms with Gasteiger partial charge in [0.05, 0.1) is 0 Å². The van der Waals surface area contributed by atoms with Gasteiger partial charge in [-0.05, 0) is 43.2 Å². The molecule has 146 valence electrons. The van der Waals surface area contributed by atoms with E-state index in [-0.39, 0.29) is 11.8 Å². The van der Waals surface area contributed by atoms with Crippen molar-refractivity contribution < 1.29 is 13.2 Å². The van der Waals surface area contributed by atoms with E-state index in [9.17, 15) is 13.2 Å². The Morgan fingerprint density at radius 1 is 1.00 bits per heavy atom. The third-order valence-corrected chi connectivity index (χ3v) is 4.43. The maximum atomic E-state index is 13.5. The van der Waals surface area contributed by atoms with Gasteiger partial charge < -0.3 is 10.2 Å². The van der Waals surface area contributed by atoms with Crippen molar-refractivity contribution in [1.82, 2.24) is 9.97 Å². The summed E-state index contributed by atoms with van der Waals surface area (Å²) in [6, 6.07) is 14.8. The van der Waals surface area contributed by atoms with E-state index in [0.29, 0.717) is 11.4 Å². The van der Waals surface area contributed by atoms with Crippen molar-refractivity contribution in [2.75, 3.05) is 17.3 Å². The van der Waals surface area contributed by atoms with E-state index in [1.807, 2.05) is 43.3 Å². The Kier molecular flexibility index (Phi) is 5.53. The van der Waals surface area contributed by atoms with Crippen LogP contribution in [0.15, 0.2) is 54.7 Å². The Morgan fingerprint density at radius 3 is 2.21 bits per heavy atom. The summed E-state index contributed by atoms with van der Waals surface area (Å²) in [6.45, 7) is 3.97. The maximum absolute atomic E-state index is 13.5. The van der Waals surface area contributed by atoms with Crippen LogP contribution in [0, 0.1) is 6.92 Å². The van der Waals surface area contributed by atoms with Crippen LogP contribution in [0.1, 0.15) is 23.6 Å². The van der Waals surface area contributed by atoms with Crippen LogP contribution < -0.4 is 10.2 Å². The molecule has 0 aliphatic rings. The van der Waals surface area contributed by atoms with Crippen LogP contribution in [0.25, 0.3) is 0 Å². The predicted molar refractivity (Wildman–Crippen MR) is 105 cm³/mol. The van der Waals surface area contributed by atoms with Gasteiger partial charge in [-0.1, -0.05) is 36.8 Å². The SMILES string of the molecule is CCc1ccc(Nc2ncc(C(F)(F)F)c(N(C)c3ccc(C)cc3)n2)cc1. The molecule has 0 bridgehead atoms. The first kappa shape index (κ1) is 19.7. The molecule has 1 N–H and O–H groups in total. The highest BCUT2D eigenvalue weighted by atomic mass is 19.4. The first-order valence-electron chi connectivity index (χ1n) is 8.88. The highest BCUT2D eigenvalue weighted by Crippen LogP contribution is 2.37. The summed E-state index contributed by atoms with van der Waals surface area (Å²) in [4.78, 5) is 9.44. The summed E-state index contributed by atoms with van der Waals surface area (Å²) in [5.74, 6) is -0.106. The molecule has 7 heteroatoms. The Labute approximate surface area is 162 Å². The molecule has 4 nitrogen and oxygen atoms in total. The van der Waals surface area contributed by atoms with Gasteiger partial charge in [-0.3, -0.25) is 0 Å². The molecule has 0 aliphatic heterocycles. The molecule has 1 aromatic heterocycles. The molecule has 3 aromatic rings. The van der Waals surface area contributed by atoms with Crippen molar-refractivity contribution in [3.05, 3.63) is 71.4 Å². The van der Waals surface area contributed by atoms with Gasteiger partial charge in [0, 0.05) is 24.6 Å². The number of rotatable bonds is 5. The molecule has 2 aromatic carbocycles. The fraction of sp³-hybridized carbons (Fsp3) is 0.238. The Hall–Kier alpha value is -3.09. The van der Waals surface area contributed by atoms with Gasteiger partial charge in [0.1, 0.15) is 5.56 Å². The summed E-state index contributed by atoms with van der Waals surface area (Å²) >= 11 is 0. The topological polar surface area (TPSA) is 41.1 Å². The van der Waals surface area contributed by atoms with E-state index in [0.717, 1.165) is 18.2 Å². The van der Waals surface area contributed by atoms with Crippen LogP contribution in [0.2, 0.25) is 0 Å². The Morgan fingerprint density at radius 2 is 1.64 bits per heavy atom. The van der Waals surface area contributed by atoms with Gasteiger partial charge >= 0.3 is 6.18 Å². The second-order valence-corrected chi connectivity index (χ2v) is 6.50. The quantitative estimate of drug-likeness (QED) is 0.595. The molecule has 3 rings (SSSR count). The number of hydrogen-bond acceptors (Lipinski definition) is 4. The van der Waals surface area contributed by atoms with Crippen LogP contribution in [-0.2, 0) is 12.6 Å². The van der Waals surface area contributed by atoms with Crippen molar-refractivity contribution in [2.24, 2.45) is 0 Å². The van der Waals surface area contributed by atoms with Gasteiger partial charge in [-0.25, -0.2) is 4.98 Å². The van der Waals surface area contributed by atoms with Gasteiger partial charge in [-0.2, -0.15) is 18.2 Å². The highest BCUT2D eigenvalue weighted by molar-refractivity contribution is 5.65. The average Bonchev–Trinajstić information content (AvgIpc) is 2.68. The summed E-state index contributed by atoms with van der Waals surface area (Å²) in [5, 5.41) is 2.97. The number of benzene rings is 2. The lowest BCUT2D eigenvalue weighted by molar-refractivity contribution is -0.137. The minimum Gasteiger partial charge on any atom is -0.329 e. The first-order chi connectivity index (χ1) is 13.3. The Balaban J connectivity index is 1.97. The molecule has 0 spiro atoms. The average molecular weight is 386 g/mol. The zero-order valence-electron chi connectivity index (χ0n) is 15.9. The second kappa shape index (κ2) is 7.88. The van der Waals surface area contributed by atoms with Crippen molar-refractivity contribution in [2.45, 2.75) is 26.4 Å². The number of hydrogen-bond donors (Lipinski definition) is 1. The first-order valence-corrected chi connectivity index (χ1v) is 8.88. The number of aromatic nitrogens is 2. The van der Waals surface area contributed by atoms with Crippen LogP contribution >= 0.6 is 0 Å². The zero-order chi connectivity index (χ0) is 20.3.